The summed E-state index contributed by atoms with van der Waals surface area (Å²) in [6.45, 7) is 0. The van der Waals surface area contributed by atoms with Crippen molar-refractivity contribution in [3.05, 3.63) is 29.8 Å². The van der Waals surface area contributed by atoms with Crippen LogP contribution in [0.2, 0.25) is 0 Å². The van der Waals surface area contributed by atoms with Crippen molar-refractivity contribution in [2.24, 2.45) is 11.7 Å². The van der Waals surface area contributed by atoms with Gasteiger partial charge in [0.25, 0.3) is 0 Å². The second-order valence-corrected chi connectivity index (χ2v) is 4.56. The maximum Gasteiger partial charge on any atom is 0.248 e. The molecule has 2 rings (SSSR count). The number of nitriles is 1. The van der Waals surface area contributed by atoms with Crippen molar-refractivity contribution < 1.29 is 9.53 Å². The van der Waals surface area contributed by atoms with Crippen LogP contribution in [-0.4, -0.2) is 12.0 Å². The molecule has 0 saturated heterocycles. The molecule has 94 valence electrons. The minimum Gasteiger partial charge on any atom is -0.489 e. The van der Waals surface area contributed by atoms with Gasteiger partial charge in [0.05, 0.1) is 12.0 Å². The van der Waals surface area contributed by atoms with Gasteiger partial charge in [-0.15, -0.1) is 0 Å². The zero-order valence-corrected chi connectivity index (χ0v) is 10.1. The fourth-order valence-corrected chi connectivity index (χ4v) is 2.26. The molecule has 2 unspecified atom stereocenters. The molecule has 1 saturated carbocycles. The number of ether oxygens (including phenoxy) is 1. The number of rotatable bonds is 3. The fraction of sp³-hybridized carbons (Fsp3) is 0.429. The number of nitrogens with zero attached hydrogens (tertiary/aromatic N) is 1. The van der Waals surface area contributed by atoms with E-state index < -0.39 is 5.91 Å². The predicted octanol–water partition coefficient (Wildman–Crippen LogP) is 2.25. The van der Waals surface area contributed by atoms with Gasteiger partial charge in [0.1, 0.15) is 11.9 Å². The van der Waals surface area contributed by atoms with Gasteiger partial charge in [-0.3, -0.25) is 4.79 Å². The van der Waals surface area contributed by atoms with Gasteiger partial charge in [0.15, 0.2) is 0 Å². The molecule has 0 aromatic heterocycles. The highest BCUT2D eigenvalue weighted by molar-refractivity contribution is 5.92. The van der Waals surface area contributed by atoms with Gasteiger partial charge in [-0.05, 0) is 43.5 Å². The van der Waals surface area contributed by atoms with E-state index in [0.29, 0.717) is 11.3 Å². The van der Waals surface area contributed by atoms with Crippen LogP contribution in [0.4, 0.5) is 0 Å². The molecule has 2 N–H and O–H groups in total. The van der Waals surface area contributed by atoms with E-state index in [1.807, 2.05) is 0 Å². The summed E-state index contributed by atoms with van der Waals surface area (Å²) < 4.78 is 5.82. The highest BCUT2D eigenvalue weighted by Crippen LogP contribution is 2.28. The summed E-state index contributed by atoms with van der Waals surface area (Å²) in [6.07, 6.45) is 3.97. The zero-order chi connectivity index (χ0) is 13.0. The summed E-state index contributed by atoms with van der Waals surface area (Å²) in [5.74, 6) is 0.204. The maximum atomic E-state index is 10.9. The number of carbonyl (C=O) groups excluding carboxylic acids is 1. The molecule has 1 aromatic rings. The summed E-state index contributed by atoms with van der Waals surface area (Å²) in [6, 6.07) is 9.04. The normalized spacial score (nSPS) is 23.1. The highest BCUT2D eigenvalue weighted by atomic mass is 16.5. The molecule has 0 aliphatic heterocycles. The summed E-state index contributed by atoms with van der Waals surface area (Å²) in [4.78, 5) is 10.9. The molecular weight excluding hydrogens is 228 g/mol. The molecule has 0 spiro atoms. The van der Waals surface area contributed by atoms with Gasteiger partial charge < -0.3 is 10.5 Å². The second-order valence-electron chi connectivity index (χ2n) is 4.56. The van der Waals surface area contributed by atoms with Gasteiger partial charge in [-0.2, -0.15) is 5.26 Å². The van der Waals surface area contributed by atoms with Gasteiger partial charge in [0.2, 0.25) is 5.91 Å². The molecule has 0 bridgehead atoms. The van der Waals surface area contributed by atoms with Crippen molar-refractivity contribution >= 4 is 5.91 Å². The topological polar surface area (TPSA) is 76.1 Å². The van der Waals surface area contributed by atoms with Crippen LogP contribution in [-0.2, 0) is 0 Å². The quantitative estimate of drug-likeness (QED) is 0.885. The van der Waals surface area contributed by atoms with Crippen LogP contribution in [0.5, 0.6) is 5.75 Å². The number of carbonyl (C=O) groups is 1. The van der Waals surface area contributed by atoms with E-state index in [1.54, 1.807) is 24.3 Å². The Kier molecular flexibility index (Phi) is 3.83. The van der Waals surface area contributed by atoms with E-state index in [0.717, 1.165) is 25.7 Å². The van der Waals surface area contributed by atoms with E-state index >= 15 is 0 Å². The lowest BCUT2D eigenvalue weighted by Crippen LogP contribution is -2.29. The first-order chi connectivity index (χ1) is 8.70. The predicted molar refractivity (Wildman–Crippen MR) is 66.9 cm³/mol. The lowest BCUT2D eigenvalue weighted by atomic mass is 9.87. The van der Waals surface area contributed by atoms with Crippen LogP contribution in [0, 0.1) is 17.2 Å². The molecular formula is C14H16N2O2. The number of primary amides is 1. The van der Waals surface area contributed by atoms with Crippen molar-refractivity contribution in [2.75, 3.05) is 0 Å². The monoisotopic (exact) mass is 244 g/mol. The van der Waals surface area contributed by atoms with Crippen molar-refractivity contribution in [3.8, 4) is 11.8 Å². The smallest absolute Gasteiger partial charge is 0.248 e. The Morgan fingerprint density at radius 3 is 2.56 bits per heavy atom. The first-order valence-corrected chi connectivity index (χ1v) is 6.17. The van der Waals surface area contributed by atoms with Crippen molar-refractivity contribution in [3.63, 3.8) is 0 Å². The SMILES string of the molecule is N#CC1CCCCC1Oc1ccc(C(N)=O)cc1. The third-order valence-corrected chi connectivity index (χ3v) is 3.29. The Bertz CT molecular complexity index is 462. The van der Waals surface area contributed by atoms with E-state index in [4.69, 9.17) is 15.7 Å². The first-order valence-electron chi connectivity index (χ1n) is 6.17. The van der Waals surface area contributed by atoms with Crippen molar-refractivity contribution in [2.45, 2.75) is 31.8 Å². The fourth-order valence-electron chi connectivity index (χ4n) is 2.26. The molecule has 1 fully saturated rings. The molecule has 1 amide bonds. The third kappa shape index (κ3) is 2.80. The molecule has 4 heteroatoms. The zero-order valence-electron chi connectivity index (χ0n) is 10.1. The van der Waals surface area contributed by atoms with Crippen LogP contribution in [0.3, 0.4) is 0 Å². The number of nitrogens with two attached hydrogens (primary N) is 1. The number of hydrogen-bond donors (Lipinski definition) is 1. The number of benzene rings is 1. The standard InChI is InChI=1S/C14H16N2O2/c15-9-11-3-1-2-4-13(11)18-12-7-5-10(6-8-12)14(16)17/h5-8,11,13H,1-4H2,(H2,16,17). The van der Waals surface area contributed by atoms with Crippen molar-refractivity contribution in [1.29, 1.82) is 5.26 Å². The van der Waals surface area contributed by atoms with E-state index in [2.05, 4.69) is 6.07 Å². The Balaban J connectivity index is 2.04. The van der Waals surface area contributed by atoms with Crippen LogP contribution >= 0.6 is 0 Å². The third-order valence-electron chi connectivity index (χ3n) is 3.29. The van der Waals surface area contributed by atoms with Gasteiger partial charge in [-0.1, -0.05) is 6.42 Å². The summed E-state index contributed by atoms with van der Waals surface area (Å²) in [7, 11) is 0. The van der Waals surface area contributed by atoms with E-state index in [1.165, 1.54) is 0 Å². The van der Waals surface area contributed by atoms with Crippen LogP contribution in [0.15, 0.2) is 24.3 Å². The summed E-state index contributed by atoms with van der Waals surface area (Å²) in [5, 5.41) is 9.07. The molecule has 18 heavy (non-hydrogen) atoms. The first kappa shape index (κ1) is 12.4. The average Bonchev–Trinajstić information content (AvgIpc) is 2.40. The Hall–Kier alpha value is -2.02. The molecule has 1 aromatic carbocycles. The minimum atomic E-state index is -0.450. The minimum absolute atomic E-state index is 0.0328. The lowest BCUT2D eigenvalue weighted by Gasteiger charge is -2.27. The maximum absolute atomic E-state index is 10.9. The average molecular weight is 244 g/mol. The molecule has 0 heterocycles. The summed E-state index contributed by atoms with van der Waals surface area (Å²) in [5.41, 5.74) is 5.63. The van der Waals surface area contributed by atoms with Crippen LogP contribution in [0.25, 0.3) is 0 Å². The number of amides is 1. The van der Waals surface area contributed by atoms with Crippen LogP contribution in [0.1, 0.15) is 36.0 Å². The highest BCUT2D eigenvalue weighted by Gasteiger charge is 2.26. The van der Waals surface area contributed by atoms with Gasteiger partial charge in [-0.25, -0.2) is 0 Å². The van der Waals surface area contributed by atoms with E-state index in [9.17, 15) is 4.79 Å². The number of hydrogen-bond acceptors (Lipinski definition) is 3. The molecule has 1 aliphatic carbocycles. The molecule has 2 atom stereocenters. The van der Waals surface area contributed by atoms with E-state index in [-0.39, 0.29) is 12.0 Å². The van der Waals surface area contributed by atoms with Crippen LogP contribution < -0.4 is 10.5 Å². The van der Waals surface area contributed by atoms with Gasteiger partial charge in [0, 0.05) is 5.56 Å². The Labute approximate surface area is 106 Å². The summed E-state index contributed by atoms with van der Waals surface area (Å²) >= 11 is 0. The lowest BCUT2D eigenvalue weighted by molar-refractivity contribution is 0.1000. The largest absolute Gasteiger partial charge is 0.489 e. The molecule has 0 radical (unpaired) electrons. The van der Waals surface area contributed by atoms with Gasteiger partial charge >= 0.3 is 0 Å². The Morgan fingerprint density at radius 1 is 1.28 bits per heavy atom. The second kappa shape index (κ2) is 5.54. The molecule has 1 aliphatic rings. The molecule has 4 nitrogen and oxygen atoms in total. The van der Waals surface area contributed by atoms with Crippen molar-refractivity contribution in [1.82, 2.24) is 0 Å². The Morgan fingerprint density at radius 2 is 1.94 bits per heavy atom.